The van der Waals surface area contributed by atoms with Crippen molar-refractivity contribution in [3.05, 3.63) is 54.1 Å². The average Bonchev–Trinajstić information content (AvgIpc) is 3.12. The summed E-state index contributed by atoms with van der Waals surface area (Å²) in [6, 6.07) is 11.4. The number of anilines is 1. The Balaban J connectivity index is 1.69. The molecule has 0 aliphatic heterocycles. The van der Waals surface area contributed by atoms with Crippen LogP contribution in [0.25, 0.3) is 10.9 Å². The van der Waals surface area contributed by atoms with Crippen molar-refractivity contribution in [3.63, 3.8) is 0 Å². The van der Waals surface area contributed by atoms with Gasteiger partial charge in [0.25, 0.3) is 0 Å². The minimum Gasteiger partial charge on any atom is -0.463 e. The van der Waals surface area contributed by atoms with Crippen LogP contribution in [0.5, 0.6) is 0 Å². The van der Waals surface area contributed by atoms with Crippen LogP contribution in [-0.2, 0) is 11.3 Å². The van der Waals surface area contributed by atoms with E-state index < -0.39 is 5.97 Å². The predicted molar refractivity (Wildman–Crippen MR) is 75.7 cm³/mol. The first-order valence-electron chi connectivity index (χ1n) is 6.24. The molecule has 0 atom stereocenters. The van der Waals surface area contributed by atoms with E-state index in [0.717, 1.165) is 16.6 Å². The molecule has 2 aromatic heterocycles. The van der Waals surface area contributed by atoms with Crippen molar-refractivity contribution in [1.82, 2.24) is 4.98 Å². The van der Waals surface area contributed by atoms with Gasteiger partial charge in [-0.15, -0.1) is 0 Å². The van der Waals surface area contributed by atoms with E-state index >= 15 is 0 Å². The quantitative estimate of drug-likeness (QED) is 0.715. The van der Waals surface area contributed by atoms with Crippen LogP contribution in [0.15, 0.2) is 47.0 Å². The maximum Gasteiger partial charge on any atom is 0.373 e. The number of H-pyrrole nitrogens is 1. The van der Waals surface area contributed by atoms with Gasteiger partial charge in [-0.3, -0.25) is 0 Å². The first-order valence-corrected chi connectivity index (χ1v) is 6.24. The fourth-order valence-corrected chi connectivity index (χ4v) is 2.04. The molecule has 3 aromatic rings. The molecule has 2 heterocycles. The average molecular weight is 270 g/mol. The van der Waals surface area contributed by atoms with Crippen LogP contribution in [0.2, 0.25) is 0 Å². The minimum atomic E-state index is -0.468. The van der Waals surface area contributed by atoms with Gasteiger partial charge in [-0.1, -0.05) is 0 Å². The number of nitrogens with one attached hydrogen (secondary N) is 2. The monoisotopic (exact) mass is 270 g/mol. The molecule has 0 unspecified atom stereocenters. The highest BCUT2D eigenvalue weighted by Gasteiger charge is 2.10. The van der Waals surface area contributed by atoms with Crippen LogP contribution in [-0.4, -0.2) is 18.1 Å². The van der Waals surface area contributed by atoms with E-state index in [1.165, 1.54) is 7.11 Å². The summed E-state index contributed by atoms with van der Waals surface area (Å²) in [4.78, 5) is 14.4. The second kappa shape index (κ2) is 5.13. The molecule has 0 amide bonds. The zero-order valence-corrected chi connectivity index (χ0v) is 11.0. The van der Waals surface area contributed by atoms with Crippen molar-refractivity contribution in [1.29, 1.82) is 0 Å². The number of aromatic amines is 1. The van der Waals surface area contributed by atoms with Gasteiger partial charge in [0.15, 0.2) is 0 Å². The van der Waals surface area contributed by atoms with Crippen molar-refractivity contribution >= 4 is 22.6 Å². The summed E-state index contributed by atoms with van der Waals surface area (Å²) < 4.78 is 9.98. The van der Waals surface area contributed by atoms with Crippen molar-refractivity contribution < 1.29 is 13.9 Å². The summed E-state index contributed by atoms with van der Waals surface area (Å²) in [5, 5.41) is 4.40. The summed E-state index contributed by atoms with van der Waals surface area (Å²) in [7, 11) is 1.33. The van der Waals surface area contributed by atoms with Crippen molar-refractivity contribution in [3.8, 4) is 0 Å². The summed E-state index contributed by atoms with van der Waals surface area (Å²) in [5.41, 5.74) is 2.09. The smallest absolute Gasteiger partial charge is 0.373 e. The van der Waals surface area contributed by atoms with E-state index in [-0.39, 0.29) is 5.76 Å². The van der Waals surface area contributed by atoms with Gasteiger partial charge in [-0.25, -0.2) is 4.79 Å². The number of ether oxygens (including phenoxy) is 1. The fraction of sp³-hybridized carbons (Fsp3) is 0.133. The topological polar surface area (TPSA) is 67.3 Å². The molecular weight excluding hydrogens is 256 g/mol. The number of hydrogen-bond donors (Lipinski definition) is 2. The Hall–Kier alpha value is -2.69. The number of aromatic nitrogens is 1. The summed E-state index contributed by atoms with van der Waals surface area (Å²) in [6.07, 6.45) is 1.91. The van der Waals surface area contributed by atoms with Crippen molar-refractivity contribution in [2.75, 3.05) is 12.4 Å². The van der Waals surface area contributed by atoms with E-state index in [1.807, 2.05) is 24.4 Å². The Morgan fingerprint density at radius 1 is 1.30 bits per heavy atom. The number of esters is 1. The lowest BCUT2D eigenvalue weighted by Crippen LogP contribution is -2.00. The molecule has 1 aromatic carbocycles. The third kappa shape index (κ3) is 2.38. The summed E-state index contributed by atoms with van der Waals surface area (Å²) in [5.74, 6) is 0.426. The molecule has 3 rings (SSSR count). The maximum atomic E-state index is 11.3. The first-order chi connectivity index (χ1) is 9.76. The van der Waals surface area contributed by atoms with Gasteiger partial charge >= 0.3 is 5.97 Å². The molecule has 102 valence electrons. The van der Waals surface area contributed by atoms with E-state index in [4.69, 9.17) is 4.42 Å². The molecular formula is C15H14N2O3. The molecule has 0 spiro atoms. The lowest BCUT2D eigenvalue weighted by Gasteiger charge is -2.04. The van der Waals surface area contributed by atoms with Gasteiger partial charge in [-0.2, -0.15) is 0 Å². The van der Waals surface area contributed by atoms with Crippen molar-refractivity contribution in [2.45, 2.75) is 6.54 Å². The highest BCUT2D eigenvalue weighted by Crippen LogP contribution is 2.19. The lowest BCUT2D eigenvalue weighted by atomic mass is 10.2. The largest absolute Gasteiger partial charge is 0.463 e. The normalized spacial score (nSPS) is 10.7. The Bertz CT molecular complexity index is 742. The number of carbonyl (C=O) groups excluding carboxylic acids is 1. The molecule has 0 saturated carbocycles. The van der Waals surface area contributed by atoms with Gasteiger partial charge in [0, 0.05) is 22.8 Å². The van der Waals surface area contributed by atoms with Crippen LogP contribution < -0.4 is 5.32 Å². The van der Waals surface area contributed by atoms with Crippen LogP contribution in [0.1, 0.15) is 16.3 Å². The van der Waals surface area contributed by atoms with E-state index in [1.54, 1.807) is 12.1 Å². The molecule has 0 fully saturated rings. The molecule has 0 radical (unpaired) electrons. The molecule has 5 heteroatoms. The second-order valence-electron chi connectivity index (χ2n) is 4.39. The number of furan rings is 1. The maximum absolute atomic E-state index is 11.3. The van der Waals surface area contributed by atoms with E-state index in [2.05, 4.69) is 21.1 Å². The molecule has 0 saturated heterocycles. The molecule has 2 N–H and O–H groups in total. The highest BCUT2D eigenvalue weighted by atomic mass is 16.5. The predicted octanol–water partition coefficient (Wildman–Crippen LogP) is 3.16. The Labute approximate surface area is 115 Å². The number of hydrogen-bond acceptors (Lipinski definition) is 4. The van der Waals surface area contributed by atoms with Crippen LogP contribution in [0.3, 0.4) is 0 Å². The highest BCUT2D eigenvalue weighted by molar-refractivity contribution is 5.86. The molecule has 0 aliphatic carbocycles. The number of carbonyl (C=O) groups is 1. The standard InChI is InChI=1S/C15H14N2O3/c1-19-15(18)14-5-3-12(20-14)9-17-11-2-4-13-10(8-11)6-7-16-13/h2-8,16-17H,9H2,1H3. The van der Waals surface area contributed by atoms with E-state index in [0.29, 0.717) is 12.3 Å². The van der Waals surface area contributed by atoms with Crippen molar-refractivity contribution in [2.24, 2.45) is 0 Å². The van der Waals surface area contributed by atoms with Gasteiger partial charge in [0.1, 0.15) is 5.76 Å². The minimum absolute atomic E-state index is 0.213. The first kappa shape index (κ1) is 12.3. The fourth-order valence-electron chi connectivity index (χ4n) is 2.04. The Kier molecular flexibility index (Phi) is 3.16. The number of rotatable bonds is 4. The lowest BCUT2D eigenvalue weighted by molar-refractivity contribution is 0.0563. The summed E-state index contributed by atoms with van der Waals surface area (Å²) >= 11 is 0. The number of fused-ring (bicyclic) bond motifs is 1. The molecule has 0 bridgehead atoms. The Morgan fingerprint density at radius 2 is 2.20 bits per heavy atom. The Morgan fingerprint density at radius 3 is 3.05 bits per heavy atom. The van der Waals surface area contributed by atoms with Crippen LogP contribution in [0, 0.1) is 0 Å². The molecule has 5 nitrogen and oxygen atoms in total. The van der Waals surface area contributed by atoms with Gasteiger partial charge in [-0.05, 0) is 36.4 Å². The zero-order valence-electron chi connectivity index (χ0n) is 11.0. The van der Waals surface area contributed by atoms with Gasteiger partial charge in [0.05, 0.1) is 13.7 Å². The zero-order chi connectivity index (χ0) is 13.9. The second-order valence-corrected chi connectivity index (χ2v) is 4.39. The third-order valence-electron chi connectivity index (χ3n) is 3.07. The summed E-state index contributed by atoms with van der Waals surface area (Å²) in [6.45, 7) is 0.507. The number of methoxy groups -OCH3 is 1. The van der Waals surface area contributed by atoms with Gasteiger partial charge < -0.3 is 19.5 Å². The SMILES string of the molecule is COC(=O)c1ccc(CNc2ccc3[nH]ccc3c2)o1. The van der Waals surface area contributed by atoms with Gasteiger partial charge in [0.2, 0.25) is 5.76 Å². The van der Waals surface area contributed by atoms with Crippen LogP contribution in [0.4, 0.5) is 5.69 Å². The van der Waals surface area contributed by atoms with Crippen LogP contribution >= 0.6 is 0 Å². The third-order valence-corrected chi connectivity index (χ3v) is 3.07. The van der Waals surface area contributed by atoms with E-state index in [9.17, 15) is 4.79 Å². The molecule has 0 aliphatic rings. The number of benzene rings is 1. The molecule has 20 heavy (non-hydrogen) atoms.